The third-order valence-corrected chi connectivity index (χ3v) is 3.77. The molecule has 0 fully saturated rings. The van der Waals surface area contributed by atoms with Gasteiger partial charge in [0.2, 0.25) is 5.91 Å². The van der Waals surface area contributed by atoms with Crippen LogP contribution in [0.4, 0.5) is 0 Å². The van der Waals surface area contributed by atoms with Gasteiger partial charge in [0.25, 0.3) is 0 Å². The third-order valence-electron chi connectivity index (χ3n) is 3.77. The molecule has 1 aromatic rings. The molecule has 19 heavy (non-hydrogen) atoms. The van der Waals surface area contributed by atoms with Crippen molar-refractivity contribution in [1.29, 1.82) is 0 Å². The molecule has 4 nitrogen and oxygen atoms in total. The van der Waals surface area contributed by atoms with Gasteiger partial charge in [-0.25, -0.2) is 0 Å². The first-order chi connectivity index (χ1) is 9.22. The summed E-state index contributed by atoms with van der Waals surface area (Å²) < 4.78 is 0. The molecule has 1 unspecified atom stereocenters. The third kappa shape index (κ3) is 3.55. The van der Waals surface area contributed by atoms with Crippen molar-refractivity contribution in [2.75, 3.05) is 19.6 Å². The zero-order chi connectivity index (χ0) is 13.7. The zero-order valence-corrected chi connectivity index (χ0v) is 11.6. The van der Waals surface area contributed by atoms with Crippen molar-refractivity contribution in [3.8, 4) is 0 Å². The SMILES string of the molecule is CC(C(=O)NCCCN)N1CCc2ccccc2C1. The molecule has 104 valence electrons. The smallest absolute Gasteiger partial charge is 0.237 e. The first-order valence-electron chi connectivity index (χ1n) is 7.01. The van der Waals surface area contributed by atoms with E-state index in [0.29, 0.717) is 13.1 Å². The fourth-order valence-corrected chi connectivity index (χ4v) is 2.48. The van der Waals surface area contributed by atoms with Crippen LogP contribution in [0.25, 0.3) is 0 Å². The van der Waals surface area contributed by atoms with Crippen molar-refractivity contribution in [3.05, 3.63) is 35.4 Å². The van der Waals surface area contributed by atoms with E-state index < -0.39 is 0 Å². The average Bonchev–Trinajstić information content (AvgIpc) is 2.46. The summed E-state index contributed by atoms with van der Waals surface area (Å²) in [5.41, 5.74) is 8.18. The van der Waals surface area contributed by atoms with E-state index in [1.54, 1.807) is 0 Å². The largest absolute Gasteiger partial charge is 0.355 e. The number of benzene rings is 1. The molecule has 1 amide bonds. The quantitative estimate of drug-likeness (QED) is 0.774. The van der Waals surface area contributed by atoms with Gasteiger partial charge in [-0.15, -0.1) is 0 Å². The number of amides is 1. The van der Waals surface area contributed by atoms with Crippen LogP contribution in [-0.2, 0) is 17.8 Å². The summed E-state index contributed by atoms with van der Waals surface area (Å²) in [7, 11) is 0. The molecule has 0 bridgehead atoms. The van der Waals surface area contributed by atoms with Gasteiger partial charge in [0, 0.05) is 19.6 Å². The fourth-order valence-electron chi connectivity index (χ4n) is 2.48. The van der Waals surface area contributed by atoms with Gasteiger partial charge in [-0.1, -0.05) is 24.3 Å². The van der Waals surface area contributed by atoms with Crippen LogP contribution in [0.1, 0.15) is 24.5 Å². The molecule has 1 aromatic carbocycles. The molecule has 0 saturated carbocycles. The molecule has 0 radical (unpaired) electrons. The molecule has 3 N–H and O–H groups in total. The number of nitrogens with one attached hydrogen (secondary N) is 1. The number of hydrogen-bond acceptors (Lipinski definition) is 3. The molecule has 0 aliphatic carbocycles. The lowest BCUT2D eigenvalue weighted by Gasteiger charge is -2.32. The van der Waals surface area contributed by atoms with Gasteiger partial charge in [-0.3, -0.25) is 9.69 Å². The molecule has 0 saturated heterocycles. The number of nitrogens with zero attached hydrogens (tertiary/aromatic N) is 1. The molecule has 0 aromatic heterocycles. The minimum Gasteiger partial charge on any atom is -0.355 e. The van der Waals surface area contributed by atoms with Crippen molar-refractivity contribution < 1.29 is 4.79 Å². The van der Waals surface area contributed by atoms with E-state index in [0.717, 1.165) is 25.9 Å². The Labute approximate surface area is 115 Å². The molecular formula is C15H23N3O. The predicted octanol–water partition coefficient (Wildman–Crippen LogP) is 0.898. The minimum atomic E-state index is -0.0777. The highest BCUT2D eigenvalue weighted by atomic mass is 16.2. The van der Waals surface area contributed by atoms with Crippen LogP contribution in [-0.4, -0.2) is 36.5 Å². The Bertz CT molecular complexity index is 433. The monoisotopic (exact) mass is 261 g/mol. The van der Waals surface area contributed by atoms with Crippen LogP contribution >= 0.6 is 0 Å². The first kappa shape index (κ1) is 14.0. The summed E-state index contributed by atoms with van der Waals surface area (Å²) in [6, 6.07) is 8.40. The molecular weight excluding hydrogens is 238 g/mol. The van der Waals surface area contributed by atoms with Crippen LogP contribution in [0.5, 0.6) is 0 Å². The second kappa shape index (κ2) is 6.68. The normalized spacial score (nSPS) is 16.7. The van der Waals surface area contributed by atoms with Crippen LogP contribution in [0.2, 0.25) is 0 Å². The van der Waals surface area contributed by atoms with Gasteiger partial charge < -0.3 is 11.1 Å². The van der Waals surface area contributed by atoms with E-state index in [9.17, 15) is 4.79 Å². The Hall–Kier alpha value is -1.39. The second-order valence-corrected chi connectivity index (χ2v) is 5.10. The number of fused-ring (bicyclic) bond motifs is 1. The van der Waals surface area contributed by atoms with E-state index in [4.69, 9.17) is 5.73 Å². The maximum Gasteiger partial charge on any atom is 0.237 e. The van der Waals surface area contributed by atoms with E-state index in [-0.39, 0.29) is 11.9 Å². The lowest BCUT2D eigenvalue weighted by Crippen LogP contribution is -2.47. The molecule has 4 heteroatoms. The van der Waals surface area contributed by atoms with Crippen molar-refractivity contribution in [1.82, 2.24) is 10.2 Å². The molecule has 1 heterocycles. The van der Waals surface area contributed by atoms with Gasteiger partial charge in [0.05, 0.1) is 6.04 Å². The Morgan fingerprint density at radius 2 is 2.16 bits per heavy atom. The number of carbonyl (C=O) groups is 1. The zero-order valence-electron chi connectivity index (χ0n) is 11.6. The van der Waals surface area contributed by atoms with E-state index in [2.05, 4.69) is 34.5 Å². The molecule has 1 aliphatic rings. The maximum atomic E-state index is 12.0. The number of nitrogens with two attached hydrogens (primary N) is 1. The van der Waals surface area contributed by atoms with Gasteiger partial charge in [-0.05, 0) is 37.4 Å². The summed E-state index contributed by atoms with van der Waals surface area (Å²) in [5, 5.41) is 2.94. The van der Waals surface area contributed by atoms with Crippen LogP contribution in [0.15, 0.2) is 24.3 Å². The van der Waals surface area contributed by atoms with Crippen LogP contribution in [0, 0.1) is 0 Å². The molecule has 2 rings (SSSR count). The molecule has 1 aliphatic heterocycles. The fraction of sp³-hybridized carbons (Fsp3) is 0.533. The topological polar surface area (TPSA) is 58.4 Å². The average molecular weight is 261 g/mol. The summed E-state index contributed by atoms with van der Waals surface area (Å²) in [4.78, 5) is 14.3. The summed E-state index contributed by atoms with van der Waals surface area (Å²) in [6.07, 6.45) is 1.86. The molecule has 0 spiro atoms. The number of hydrogen-bond donors (Lipinski definition) is 2. The Morgan fingerprint density at radius 3 is 2.89 bits per heavy atom. The minimum absolute atomic E-state index is 0.0777. The lowest BCUT2D eigenvalue weighted by molar-refractivity contribution is -0.126. The predicted molar refractivity (Wildman–Crippen MR) is 76.7 cm³/mol. The summed E-state index contributed by atoms with van der Waals surface area (Å²) in [6.45, 7) is 5.08. The van der Waals surface area contributed by atoms with E-state index in [1.165, 1.54) is 11.1 Å². The Morgan fingerprint density at radius 1 is 1.42 bits per heavy atom. The van der Waals surface area contributed by atoms with Crippen molar-refractivity contribution in [2.45, 2.75) is 32.4 Å². The summed E-state index contributed by atoms with van der Waals surface area (Å²) in [5.74, 6) is 0.104. The highest BCUT2D eigenvalue weighted by molar-refractivity contribution is 5.81. The Balaban J connectivity index is 1.91. The van der Waals surface area contributed by atoms with Gasteiger partial charge in [-0.2, -0.15) is 0 Å². The van der Waals surface area contributed by atoms with Gasteiger partial charge in [0.15, 0.2) is 0 Å². The van der Waals surface area contributed by atoms with Crippen molar-refractivity contribution in [3.63, 3.8) is 0 Å². The standard InChI is InChI=1S/C15H23N3O/c1-12(15(19)17-9-4-8-16)18-10-7-13-5-2-3-6-14(13)11-18/h2-3,5-6,12H,4,7-11,16H2,1H3,(H,17,19). The lowest BCUT2D eigenvalue weighted by atomic mass is 9.99. The highest BCUT2D eigenvalue weighted by Gasteiger charge is 2.24. The first-order valence-corrected chi connectivity index (χ1v) is 7.01. The van der Waals surface area contributed by atoms with Gasteiger partial charge in [0.1, 0.15) is 0 Å². The number of carbonyl (C=O) groups excluding carboxylic acids is 1. The van der Waals surface area contributed by atoms with Crippen molar-refractivity contribution >= 4 is 5.91 Å². The van der Waals surface area contributed by atoms with Gasteiger partial charge >= 0.3 is 0 Å². The number of rotatable bonds is 5. The van der Waals surface area contributed by atoms with Crippen LogP contribution < -0.4 is 11.1 Å². The van der Waals surface area contributed by atoms with Crippen LogP contribution in [0.3, 0.4) is 0 Å². The maximum absolute atomic E-state index is 12.0. The van der Waals surface area contributed by atoms with E-state index in [1.807, 2.05) is 6.92 Å². The van der Waals surface area contributed by atoms with E-state index >= 15 is 0 Å². The molecule has 1 atom stereocenters. The summed E-state index contributed by atoms with van der Waals surface area (Å²) >= 11 is 0. The Kier molecular flexibility index (Phi) is 4.93. The highest BCUT2D eigenvalue weighted by Crippen LogP contribution is 2.20. The van der Waals surface area contributed by atoms with Crippen molar-refractivity contribution in [2.24, 2.45) is 5.73 Å². The second-order valence-electron chi connectivity index (χ2n) is 5.10.